The second kappa shape index (κ2) is 3.97. The van der Waals surface area contributed by atoms with Gasteiger partial charge in [-0.15, -0.1) is 0 Å². The van der Waals surface area contributed by atoms with E-state index in [1.54, 1.807) is 6.20 Å². The highest BCUT2D eigenvalue weighted by Crippen LogP contribution is 2.36. The van der Waals surface area contributed by atoms with Gasteiger partial charge in [0.05, 0.1) is 22.6 Å². The van der Waals surface area contributed by atoms with E-state index in [4.69, 9.17) is 15.0 Å². The summed E-state index contributed by atoms with van der Waals surface area (Å²) in [6, 6.07) is 0. The number of hydrogen-bond donors (Lipinski definition) is 1. The summed E-state index contributed by atoms with van der Waals surface area (Å²) in [6.07, 6.45) is 1.79. The van der Waals surface area contributed by atoms with Gasteiger partial charge in [0.25, 0.3) is 0 Å². The van der Waals surface area contributed by atoms with Crippen LogP contribution in [-0.4, -0.2) is 23.3 Å². The van der Waals surface area contributed by atoms with Crippen LogP contribution in [0.3, 0.4) is 0 Å². The zero-order chi connectivity index (χ0) is 13.7. The number of pyridine rings is 1. The number of aryl methyl sites for hydroxylation is 1. The SMILES string of the molecule is Cc1ncc(B2OC(C)(C)C(C)(C)O2)c(C)c1N. The van der Waals surface area contributed by atoms with E-state index in [0.717, 1.165) is 16.7 Å². The normalized spacial score (nSPS) is 21.3. The van der Waals surface area contributed by atoms with Gasteiger partial charge in [0.15, 0.2) is 0 Å². The molecule has 0 radical (unpaired) electrons. The minimum absolute atomic E-state index is 0.343. The highest BCUT2D eigenvalue weighted by Gasteiger charge is 2.52. The number of rotatable bonds is 1. The van der Waals surface area contributed by atoms with Crippen LogP contribution in [0.5, 0.6) is 0 Å². The van der Waals surface area contributed by atoms with E-state index >= 15 is 0 Å². The van der Waals surface area contributed by atoms with Crippen LogP contribution >= 0.6 is 0 Å². The summed E-state index contributed by atoms with van der Waals surface area (Å²) in [5.74, 6) is 0. The van der Waals surface area contributed by atoms with Crippen molar-refractivity contribution in [3.63, 3.8) is 0 Å². The Labute approximate surface area is 109 Å². The standard InChI is InChI=1S/C13H21BN2O2/c1-8-10(7-16-9(2)11(8)15)14-17-12(3,4)13(5,6)18-14/h7H,15H2,1-6H3. The summed E-state index contributed by atoms with van der Waals surface area (Å²) < 4.78 is 12.0. The average molecular weight is 248 g/mol. The molecule has 0 saturated carbocycles. The Morgan fingerprint density at radius 2 is 1.61 bits per heavy atom. The van der Waals surface area contributed by atoms with Crippen molar-refractivity contribution in [3.8, 4) is 0 Å². The van der Waals surface area contributed by atoms with E-state index < -0.39 is 7.12 Å². The van der Waals surface area contributed by atoms with Gasteiger partial charge in [-0.3, -0.25) is 4.98 Å². The summed E-state index contributed by atoms with van der Waals surface area (Å²) in [5, 5.41) is 0. The van der Waals surface area contributed by atoms with E-state index in [9.17, 15) is 0 Å². The van der Waals surface area contributed by atoms with Crippen molar-refractivity contribution in [2.75, 3.05) is 5.73 Å². The van der Waals surface area contributed by atoms with Crippen molar-refractivity contribution in [1.29, 1.82) is 0 Å². The molecule has 4 nitrogen and oxygen atoms in total. The van der Waals surface area contributed by atoms with Crippen molar-refractivity contribution in [1.82, 2.24) is 4.98 Å². The summed E-state index contributed by atoms with van der Waals surface area (Å²) in [5.41, 5.74) is 8.78. The maximum atomic E-state index is 6.01. The first-order chi connectivity index (χ1) is 8.16. The number of nitrogens with zero attached hydrogens (tertiary/aromatic N) is 1. The molecule has 0 atom stereocenters. The van der Waals surface area contributed by atoms with Crippen LogP contribution in [0, 0.1) is 13.8 Å². The Hall–Kier alpha value is -1.07. The van der Waals surface area contributed by atoms with Crippen molar-refractivity contribution >= 4 is 18.3 Å². The van der Waals surface area contributed by atoms with Gasteiger partial charge in [0.1, 0.15) is 0 Å². The number of nitrogens with two attached hydrogens (primary N) is 1. The molecule has 98 valence electrons. The Kier molecular flexibility index (Phi) is 2.95. The fourth-order valence-corrected chi connectivity index (χ4v) is 1.97. The lowest BCUT2D eigenvalue weighted by Crippen LogP contribution is -2.41. The fourth-order valence-electron chi connectivity index (χ4n) is 1.97. The predicted octanol–water partition coefficient (Wildman–Crippen LogP) is 1.58. The van der Waals surface area contributed by atoms with Gasteiger partial charge >= 0.3 is 7.12 Å². The molecule has 0 unspecified atom stereocenters. The molecule has 1 aliphatic rings. The first kappa shape index (κ1) is 13.4. The molecule has 0 spiro atoms. The third-order valence-corrected chi connectivity index (χ3v) is 4.13. The molecule has 0 bridgehead atoms. The number of aromatic nitrogens is 1. The van der Waals surface area contributed by atoms with Crippen molar-refractivity contribution in [2.24, 2.45) is 0 Å². The van der Waals surface area contributed by atoms with Crippen LogP contribution < -0.4 is 11.2 Å². The van der Waals surface area contributed by atoms with Gasteiger partial charge in [0, 0.05) is 11.7 Å². The molecule has 2 rings (SSSR count). The molecule has 18 heavy (non-hydrogen) atoms. The van der Waals surface area contributed by atoms with Crippen molar-refractivity contribution < 1.29 is 9.31 Å². The monoisotopic (exact) mass is 248 g/mol. The molecule has 0 amide bonds. The van der Waals surface area contributed by atoms with Gasteiger partial charge in [-0.1, -0.05) is 0 Å². The Morgan fingerprint density at radius 1 is 1.11 bits per heavy atom. The lowest BCUT2D eigenvalue weighted by molar-refractivity contribution is 0.00578. The van der Waals surface area contributed by atoms with Crippen molar-refractivity contribution in [3.05, 3.63) is 17.5 Å². The Balaban J connectivity index is 2.39. The van der Waals surface area contributed by atoms with Crippen LogP contribution in [0.2, 0.25) is 0 Å². The molecule has 5 heteroatoms. The third-order valence-electron chi connectivity index (χ3n) is 4.13. The minimum Gasteiger partial charge on any atom is -0.399 e. The summed E-state index contributed by atoms with van der Waals surface area (Å²) in [4.78, 5) is 4.29. The Bertz CT molecular complexity index is 470. The van der Waals surface area contributed by atoms with E-state index in [0.29, 0.717) is 5.69 Å². The van der Waals surface area contributed by atoms with Gasteiger partial charge in [-0.2, -0.15) is 0 Å². The van der Waals surface area contributed by atoms with Crippen LogP contribution in [-0.2, 0) is 9.31 Å². The molecule has 0 aliphatic carbocycles. The fraction of sp³-hybridized carbons (Fsp3) is 0.615. The molecule has 1 fully saturated rings. The smallest absolute Gasteiger partial charge is 0.399 e. The second-order valence-corrected chi connectivity index (χ2v) is 5.93. The summed E-state index contributed by atoms with van der Waals surface area (Å²) in [6.45, 7) is 12.0. The van der Waals surface area contributed by atoms with Gasteiger partial charge in [-0.05, 0) is 47.1 Å². The molecule has 2 heterocycles. The molecule has 1 aliphatic heterocycles. The molecule has 1 aromatic heterocycles. The molecule has 1 aromatic rings. The van der Waals surface area contributed by atoms with E-state index in [-0.39, 0.29) is 11.2 Å². The van der Waals surface area contributed by atoms with Crippen molar-refractivity contribution in [2.45, 2.75) is 52.7 Å². The largest absolute Gasteiger partial charge is 0.496 e. The molecule has 1 saturated heterocycles. The predicted molar refractivity (Wildman–Crippen MR) is 73.8 cm³/mol. The number of anilines is 1. The first-order valence-corrected chi connectivity index (χ1v) is 6.23. The molecular formula is C13H21BN2O2. The molecular weight excluding hydrogens is 227 g/mol. The minimum atomic E-state index is -0.398. The van der Waals surface area contributed by atoms with Gasteiger partial charge in [-0.25, -0.2) is 0 Å². The van der Waals surface area contributed by atoms with Gasteiger partial charge in [0.2, 0.25) is 0 Å². The Morgan fingerprint density at radius 3 is 2.11 bits per heavy atom. The average Bonchev–Trinajstić information content (AvgIpc) is 2.45. The lowest BCUT2D eigenvalue weighted by Gasteiger charge is -2.32. The molecule has 2 N–H and O–H groups in total. The van der Waals surface area contributed by atoms with E-state index in [2.05, 4.69) is 4.98 Å². The highest BCUT2D eigenvalue weighted by atomic mass is 16.7. The molecule has 0 aromatic carbocycles. The quantitative estimate of drug-likeness (QED) is 0.766. The number of nitrogen functional groups attached to an aromatic ring is 1. The third kappa shape index (κ3) is 1.91. The zero-order valence-electron chi connectivity index (χ0n) is 12.0. The van der Waals surface area contributed by atoms with E-state index in [1.807, 2.05) is 41.5 Å². The highest BCUT2D eigenvalue weighted by molar-refractivity contribution is 6.62. The maximum Gasteiger partial charge on any atom is 0.496 e. The first-order valence-electron chi connectivity index (χ1n) is 6.23. The topological polar surface area (TPSA) is 57.4 Å². The van der Waals surface area contributed by atoms with E-state index in [1.165, 1.54) is 0 Å². The summed E-state index contributed by atoms with van der Waals surface area (Å²) in [7, 11) is -0.398. The second-order valence-electron chi connectivity index (χ2n) is 5.93. The van der Waals surface area contributed by atoms with Crippen LogP contribution in [0.4, 0.5) is 5.69 Å². The maximum absolute atomic E-state index is 6.01. The lowest BCUT2D eigenvalue weighted by atomic mass is 9.77. The van der Waals surface area contributed by atoms with Crippen LogP contribution in [0.15, 0.2) is 6.20 Å². The van der Waals surface area contributed by atoms with Gasteiger partial charge < -0.3 is 15.0 Å². The van der Waals surface area contributed by atoms with Crippen LogP contribution in [0.1, 0.15) is 39.0 Å². The number of hydrogen-bond acceptors (Lipinski definition) is 4. The summed E-state index contributed by atoms with van der Waals surface area (Å²) >= 11 is 0. The zero-order valence-corrected chi connectivity index (χ0v) is 12.0. The van der Waals surface area contributed by atoms with Crippen LogP contribution in [0.25, 0.3) is 0 Å².